The van der Waals surface area contributed by atoms with E-state index in [1.54, 1.807) is 0 Å². The number of carboxylic acids is 1. The van der Waals surface area contributed by atoms with E-state index in [1.165, 1.54) is 44.9 Å². The molecular formula is C22H40O2. The van der Waals surface area contributed by atoms with E-state index in [1.807, 2.05) is 0 Å². The fourth-order valence-corrected chi connectivity index (χ4v) is 6.50. The second kappa shape index (κ2) is 7.79. The Hall–Kier alpha value is -0.530. The minimum absolute atomic E-state index is 0.347. The first-order valence-electron chi connectivity index (χ1n) is 10.4. The maximum absolute atomic E-state index is 10.8. The molecular weight excluding hydrogens is 296 g/mol. The molecule has 2 aliphatic carbocycles. The molecule has 2 fully saturated rings. The molecule has 0 amide bonds. The molecule has 24 heavy (non-hydrogen) atoms. The van der Waals surface area contributed by atoms with Gasteiger partial charge in [0.15, 0.2) is 0 Å². The predicted molar refractivity (Wildman–Crippen MR) is 101 cm³/mol. The molecule has 140 valence electrons. The van der Waals surface area contributed by atoms with Crippen LogP contribution in [0.4, 0.5) is 0 Å². The molecule has 0 radical (unpaired) electrons. The van der Waals surface area contributed by atoms with Crippen LogP contribution in [0.1, 0.15) is 98.8 Å². The summed E-state index contributed by atoms with van der Waals surface area (Å²) in [4.78, 5) is 10.8. The van der Waals surface area contributed by atoms with Gasteiger partial charge in [-0.15, -0.1) is 0 Å². The van der Waals surface area contributed by atoms with Crippen molar-refractivity contribution >= 4 is 5.97 Å². The number of unbranched alkanes of at least 4 members (excludes halogenated alkanes) is 1. The summed E-state index contributed by atoms with van der Waals surface area (Å²) in [6.07, 6.45) is 11.8. The lowest BCUT2D eigenvalue weighted by molar-refractivity contribution is -0.137. The number of carbonyl (C=O) groups is 1. The zero-order chi connectivity index (χ0) is 18.0. The summed E-state index contributed by atoms with van der Waals surface area (Å²) < 4.78 is 0. The van der Waals surface area contributed by atoms with Gasteiger partial charge in [-0.05, 0) is 79.4 Å². The fourth-order valence-electron chi connectivity index (χ4n) is 6.50. The van der Waals surface area contributed by atoms with Crippen molar-refractivity contribution in [2.24, 2.45) is 34.5 Å². The van der Waals surface area contributed by atoms with Crippen LogP contribution in [-0.2, 0) is 4.79 Å². The van der Waals surface area contributed by atoms with Gasteiger partial charge in [0.05, 0.1) is 0 Å². The number of hydrogen-bond donors (Lipinski definition) is 1. The van der Waals surface area contributed by atoms with E-state index >= 15 is 0 Å². The van der Waals surface area contributed by atoms with Crippen molar-refractivity contribution in [2.75, 3.05) is 0 Å². The number of fused-ring (bicyclic) bond motifs is 1. The van der Waals surface area contributed by atoms with Gasteiger partial charge < -0.3 is 5.11 Å². The summed E-state index contributed by atoms with van der Waals surface area (Å²) in [5.41, 5.74) is 0.938. The van der Waals surface area contributed by atoms with Crippen LogP contribution >= 0.6 is 0 Å². The van der Waals surface area contributed by atoms with Gasteiger partial charge in [0, 0.05) is 6.42 Å². The molecule has 2 aliphatic rings. The molecule has 0 aromatic heterocycles. The van der Waals surface area contributed by atoms with E-state index in [-0.39, 0.29) is 0 Å². The Morgan fingerprint density at radius 2 is 1.92 bits per heavy atom. The number of carboxylic acid groups (broad SMARTS) is 1. The van der Waals surface area contributed by atoms with E-state index < -0.39 is 5.97 Å². The summed E-state index contributed by atoms with van der Waals surface area (Å²) >= 11 is 0. The highest BCUT2D eigenvalue weighted by Gasteiger charge is 2.54. The van der Waals surface area contributed by atoms with Crippen molar-refractivity contribution in [2.45, 2.75) is 98.8 Å². The Kier molecular flexibility index (Phi) is 6.42. The summed E-state index contributed by atoms with van der Waals surface area (Å²) in [6, 6.07) is 0. The van der Waals surface area contributed by atoms with E-state index in [2.05, 4.69) is 34.6 Å². The molecule has 5 unspecified atom stereocenters. The summed E-state index contributed by atoms with van der Waals surface area (Å²) in [6.45, 7) is 12.4. The van der Waals surface area contributed by atoms with Gasteiger partial charge in [-0.2, -0.15) is 0 Å². The molecule has 2 saturated carbocycles. The minimum Gasteiger partial charge on any atom is -0.481 e. The highest BCUT2D eigenvalue weighted by molar-refractivity contribution is 5.66. The Morgan fingerprint density at radius 1 is 1.21 bits per heavy atom. The van der Waals surface area contributed by atoms with Crippen molar-refractivity contribution in [3.05, 3.63) is 0 Å². The molecule has 0 bridgehead atoms. The van der Waals surface area contributed by atoms with Crippen LogP contribution in [0.25, 0.3) is 0 Å². The quantitative estimate of drug-likeness (QED) is 0.546. The maximum Gasteiger partial charge on any atom is 0.303 e. The first-order chi connectivity index (χ1) is 11.2. The highest BCUT2D eigenvalue weighted by Crippen LogP contribution is 2.62. The van der Waals surface area contributed by atoms with E-state index in [9.17, 15) is 4.79 Å². The third-order valence-electron chi connectivity index (χ3n) is 7.99. The normalized spacial score (nSPS) is 36.5. The van der Waals surface area contributed by atoms with Gasteiger partial charge in [-0.25, -0.2) is 0 Å². The third kappa shape index (κ3) is 3.99. The molecule has 0 saturated heterocycles. The van der Waals surface area contributed by atoms with Crippen LogP contribution in [0.3, 0.4) is 0 Å². The first kappa shape index (κ1) is 19.8. The highest BCUT2D eigenvalue weighted by atomic mass is 16.4. The van der Waals surface area contributed by atoms with Crippen LogP contribution in [0.5, 0.6) is 0 Å². The molecule has 2 heteroatoms. The Labute approximate surface area is 149 Å². The van der Waals surface area contributed by atoms with Crippen molar-refractivity contribution in [1.29, 1.82) is 0 Å². The van der Waals surface area contributed by atoms with Gasteiger partial charge in [0.2, 0.25) is 0 Å². The Morgan fingerprint density at radius 3 is 2.54 bits per heavy atom. The van der Waals surface area contributed by atoms with E-state index in [4.69, 9.17) is 5.11 Å². The summed E-state index contributed by atoms with van der Waals surface area (Å²) in [5, 5.41) is 8.92. The molecule has 0 heterocycles. The minimum atomic E-state index is -0.635. The lowest BCUT2D eigenvalue weighted by Gasteiger charge is -2.52. The van der Waals surface area contributed by atoms with Crippen molar-refractivity contribution in [3.8, 4) is 0 Å². The molecule has 0 aromatic carbocycles. The summed E-state index contributed by atoms with van der Waals surface area (Å²) in [5.74, 6) is 2.65. The number of rotatable bonds is 8. The van der Waals surface area contributed by atoms with Gasteiger partial charge in [0.25, 0.3) is 0 Å². The van der Waals surface area contributed by atoms with Crippen LogP contribution < -0.4 is 0 Å². The standard InChI is InChI=1S/C22H40O2/c1-6-7-14-21(3,4)18-13-15-22(5)17(9-8-10-20(23)24)11-12-19(22)16(18)2/h16-19H,6-15H2,1-5H3,(H,23,24). The largest absolute Gasteiger partial charge is 0.481 e. The number of hydrogen-bond acceptors (Lipinski definition) is 1. The lowest BCUT2D eigenvalue weighted by Crippen LogP contribution is -2.44. The monoisotopic (exact) mass is 336 g/mol. The zero-order valence-electron chi connectivity index (χ0n) is 16.7. The van der Waals surface area contributed by atoms with Crippen LogP contribution in [0.2, 0.25) is 0 Å². The molecule has 5 atom stereocenters. The van der Waals surface area contributed by atoms with Gasteiger partial charge in [-0.1, -0.05) is 47.5 Å². The smallest absolute Gasteiger partial charge is 0.303 e. The van der Waals surface area contributed by atoms with Gasteiger partial charge in [-0.3, -0.25) is 4.79 Å². The average Bonchev–Trinajstić information content (AvgIpc) is 2.83. The van der Waals surface area contributed by atoms with Crippen molar-refractivity contribution in [3.63, 3.8) is 0 Å². The van der Waals surface area contributed by atoms with Gasteiger partial charge in [0.1, 0.15) is 0 Å². The second-order valence-electron chi connectivity index (χ2n) is 9.77. The molecule has 0 aliphatic heterocycles. The maximum atomic E-state index is 10.8. The van der Waals surface area contributed by atoms with Crippen molar-refractivity contribution < 1.29 is 9.90 Å². The molecule has 0 aromatic rings. The first-order valence-corrected chi connectivity index (χ1v) is 10.4. The summed E-state index contributed by atoms with van der Waals surface area (Å²) in [7, 11) is 0. The Bertz CT molecular complexity index is 428. The van der Waals surface area contributed by atoms with E-state index in [0.29, 0.717) is 17.3 Å². The third-order valence-corrected chi connectivity index (χ3v) is 7.99. The number of aliphatic carboxylic acids is 1. The van der Waals surface area contributed by atoms with Crippen LogP contribution in [-0.4, -0.2) is 11.1 Å². The van der Waals surface area contributed by atoms with Gasteiger partial charge >= 0.3 is 5.97 Å². The fraction of sp³-hybridized carbons (Fsp3) is 0.955. The van der Waals surface area contributed by atoms with Crippen LogP contribution in [0.15, 0.2) is 0 Å². The molecule has 1 N–H and O–H groups in total. The molecule has 0 spiro atoms. The topological polar surface area (TPSA) is 37.3 Å². The second-order valence-corrected chi connectivity index (χ2v) is 9.77. The molecule has 2 nitrogen and oxygen atoms in total. The predicted octanol–water partition coefficient (Wildman–Crippen LogP) is 6.54. The SMILES string of the molecule is CCCCC(C)(C)C1CCC2(C)C(CCCC(=O)O)CCC2C1C. The average molecular weight is 337 g/mol. The van der Waals surface area contributed by atoms with E-state index in [0.717, 1.165) is 36.5 Å². The lowest BCUT2D eigenvalue weighted by atomic mass is 9.53. The molecule has 2 rings (SSSR count). The zero-order valence-corrected chi connectivity index (χ0v) is 16.7. The van der Waals surface area contributed by atoms with Crippen LogP contribution in [0, 0.1) is 34.5 Å². The van der Waals surface area contributed by atoms with Crippen molar-refractivity contribution in [1.82, 2.24) is 0 Å². The Balaban J connectivity index is 2.01.